The van der Waals surface area contributed by atoms with Crippen molar-refractivity contribution in [2.45, 2.75) is 0 Å². The van der Waals surface area contributed by atoms with E-state index in [0.717, 1.165) is 55.7 Å². The monoisotopic (exact) mass is 802 g/mol. The predicted molar refractivity (Wildman–Crippen MR) is 266 cm³/mol. The normalized spacial score (nSPS) is 11.8. The Morgan fingerprint density at radius 3 is 1.75 bits per heavy atom. The van der Waals surface area contributed by atoms with Crippen LogP contribution in [0.5, 0.6) is 0 Å². The zero-order chi connectivity index (χ0) is 41.4. The first-order chi connectivity index (χ1) is 31.2. The second-order valence-electron chi connectivity index (χ2n) is 16.5. The molecule has 0 saturated heterocycles. The van der Waals surface area contributed by atoms with E-state index < -0.39 is 0 Å². The van der Waals surface area contributed by atoms with Gasteiger partial charge >= 0.3 is 0 Å². The van der Waals surface area contributed by atoms with Gasteiger partial charge < -0.3 is 13.9 Å². The summed E-state index contributed by atoms with van der Waals surface area (Å²) >= 11 is 0. The number of hydrogen-bond donors (Lipinski definition) is 0. The van der Waals surface area contributed by atoms with E-state index in [1.807, 2.05) is 0 Å². The van der Waals surface area contributed by atoms with Gasteiger partial charge in [0.25, 0.3) is 0 Å². The number of anilines is 3. The summed E-state index contributed by atoms with van der Waals surface area (Å²) in [6, 6.07) is 83.5. The maximum atomic E-state index is 6.84. The standard InChI is InChI=1S/C60H38N2O/c1-3-15-39(16-4-1)41-27-30-45(31-28-41)61(46-32-29-40-17-7-8-18-42(40)35-46)47-33-34-51-54(37-47)62(44-20-5-2-6-21-44)55-38-57-59(52-25-13-14-26-56(52)63-57)60(58(51)55)53-36-43-19-9-10-22-48(43)49-23-11-12-24-50(49)53/h1-38H. The van der Waals surface area contributed by atoms with Crippen LogP contribution in [0.25, 0.3) is 104 Å². The van der Waals surface area contributed by atoms with Crippen LogP contribution in [-0.2, 0) is 0 Å². The minimum absolute atomic E-state index is 0.868. The smallest absolute Gasteiger partial charge is 0.138 e. The van der Waals surface area contributed by atoms with Gasteiger partial charge in [0, 0.05) is 55.9 Å². The zero-order valence-electron chi connectivity index (χ0n) is 34.2. The van der Waals surface area contributed by atoms with Crippen molar-refractivity contribution in [1.82, 2.24) is 4.57 Å². The molecular weight excluding hydrogens is 765 g/mol. The summed E-state index contributed by atoms with van der Waals surface area (Å²) in [6.07, 6.45) is 0. The molecule has 0 fully saturated rings. The van der Waals surface area contributed by atoms with Crippen LogP contribution in [0.15, 0.2) is 235 Å². The number of furan rings is 1. The molecule has 0 spiro atoms. The Labute approximate surface area is 363 Å². The van der Waals surface area contributed by atoms with Crippen molar-refractivity contribution in [1.29, 1.82) is 0 Å². The van der Waals surface area contributed by atoms with Crippen LogP contribution >= 0.6 is 0 Å². The first-order valence-corrected chi connectivity index (χ1v) is 21.6. The molecule has 0 unspecified atom stereocenters. The highest BCUT2D eigenvalue weighted by Gasteiger charge is 2.25. The number of benzene rings is 11. The lowest BCUT2D eigenvalue weighted by Crippen LogP contribution is -2.10. The molecule has 3 nitrogen and oxygen atoms in total. The van der Waals surface area contributed by atoms with Crippen molar-refractivity contribution < 1.29 is 4.42 Å². The number of para-hydroxylation sites is 2. The highest BCUT2D eigenvalue weighted by atomic mass is 16.3. The molecule has 11 aromatic carbocycles. The Hall–Kier alpha value is -8.40. The van der Waals surface area contributed by atoms with Crippen LogP contribution in [0.4, 0.5) is 17.1 Å². The minimum Gasteiger partial charge on any atom is -0.456 e. The third-order valence-electron chi connectivity index (χ3n) is 12.9. The lowest BCUT2D eigenvalue weighted by molar-refractivity contribution is 0.669. The summed E-state index contributed by atoms with van der Waals surface area (Å²) < 4.78 is 9.28. The zero-order valence-corrected chi connectivity index (χ0v) is 34.2. The van der Waals surface area contributed by atoms with Gasteiger partial charge in [-0.05, 0) is 110 Å². The van der Waals surface area contributed by atoms with Crippen molar-refractivity contribution in [3.8, 4) is 27.9 Å². The average Bonchev–Trinajstić information content (AvgIpc) is 3.89. The van der Waals surface area contributed by atoms with E-state index in [9.17, 15) is 0 Å². The second kappa shape index (κ2) is 14.1. The fraction of sp³-hybridized carbons (Fsp3) is 0. The summed E-state index contributed by atoms with van der Waals surface area (Å²) in [5.74, 6) is 0. The Balaban J connectivity index is 1.14. The number of hydrogen-bond acceptors (Lipinski definition) is 2. The van der Waals surface area contributed by atoms with Gasteiger partial charge in [-0.1, -0.05) is 164 Å². The quantitative estimate of drug-likeness (QED) is 0.156. The molecule has 0 saturated carbocycles. The van der Waals surface area contributed by atoms with Crippen molar-refractivity contribution in [3.63, 3.8) is 0 Å². The van der Waals surface area contributed by atoms with Crippen molar-refractivity contribution in [2.75, 3.05) is 4.90 Å². The third kappa shape index (κ3) is 5.60. The van der Waals surface area contributed by atoms with E-state index in [4.69, 9.17) is 4.42 Å². The van der Waals surface area contributed by atoms with E-state index >= 15 is 0 Å². The molecule has 0 radical (unpaired) electrons. The van der Waals surface area contributed by atoms with Gasteiger partial charge in [-0.25, -0.2) is 0 Å². The van der Waals surface area contributed by atoms with E-state index in [-0.39, 0.29) is 0 Å². The van der Waals surface area contributed by atoms with Gasteiger partial charge in [-0.2, -0.15) is 0 Å². The number of aromatic nitrogens is 1. The van der Waals surface area contributed by atoms with Crippen LogP contribution in [0.2, 0.25) is 0 Å². The Bertz CT molecular complexity index is 3900. The Kier molecular flexibility index (Phi) is 7.91. The summed E-state index contributed by atoms with van der Waals surface area (Å²) in [4.78, 5) is 2.39. The van der Waals surface area contributed by atoms with Gasteiger partial charge in [-0.3, -0.25) is 0 Å². The van der Waals surface area contributed by atoms with Crippen molar-refractivity contribution in [3.05, 3.63) is 231 Å². The summed E-state index contributed by atoms with van der Waals surface area (Å²) in [6.45, 7) is 0. The van der Waals surface area contributed by atoms with Crippen LogP contribution < -0.4 is 4.90 Å². The fourth-order valence-corrected chi connectivity index (χ4v) is 10.1. The highest BCUT2D eigenvalue weighted by Crippen LogP contribution is 2.50. The minimum atomic E-state index is 0.868. The number of rotatable bonds is 6. The molecule has 0 N–H and O–H groups in total. The fourth-order valence-electron chi connectivity index (χ4n) is 10.1. The highest BCUT2D eigenvalue weighted by molar-refractivity contribution is 6.30. The predicted octanol–water partition coefficient (Wildman–Crippen LogP) is 16.9. The molecule has 0 aliphatic carbocycles. The molecule has 0 aliphatic rings. The van der Waals surface area contributed by atoms with Crippen LogP contribution in [0, 0.1) is 0 Å². The van der Waals surface area contributed by atoms with Crippen LogP contribution in [0.1, 0.15) is 0 Å². The maximum Gasteiger partial charge on any atom is 0.138 e. The van der Waals surface area contributed by atoms with Gasteiger partial charge in [-0.15, -0.1) is 0 Å². The maximum absolute atomic E-state index is 6.84. The summed E-state index contributed by atoms with van der Waals surface area (Å²) in [7, 11) is 0. The molecule has 0 aliphatic heterocycles. The SMILES string of the molecule is c1ccc(-c2ccc(N(c3ccc4ccccc4c3)c3ccc4c5c(-c6cc7ccccc7c7ccccc67)c6c(cc5n(-c5ccccc5)c4c3)oc3ccccc36)cc2)cc1. The van der Waals surface area contributed by atoms with E-state index in [1.54, 1.807) is 0 Å². The molecule has 63 heavy (non-hydrogen) atoms. The molecule has 2 heterocycles. The Morgan fingerprint density at radius 2 is 0.937 bits per heavy atom. The van der Waals surface area contributed by atoms with Gasteiger partial charge in [0.05, 0.1) is 11.0 Å². The Morgan fingerprint density at radius 1 is 0.333 bits per heavy atom. The molecular formula is C60H38N2O. The van der Waals surface area contributed by atoms with Gasteiger partial charge in [0.2, 0.25) is 0 Å². The van der Waals surface area contributed by atoms with E-state index in [2.05, 4.69) is 240 Å². The summed E-state index contributed by atoms with van der Waals surface area (Å²) in [5, 5.41) is 11.9. The number of fused-ring (bicyclic) bond motifs is 10. The van der Waals surface area contributed by atoms with Gasteiger partial charge in [0.15, 0.2) is 0 Å². The molecule has 3 heteroatoms. The summed E-state index contributed by atoms with van der Waals surface area (Å²) in [5.41, 5.74) is 13.0. The largest absolute Gasteiger partial charge is 0.456 e. The molecule has 13 aromatic rings. The molecule has 0 atom stereocenters. The van der Waals surface area contributed by atoms with E-state index in [0.29, 0.717) is 0 Å². The van der Waals surface area contributed by atoms with Gasteiger partial charge in [0.1, 0.15) is 11.2 Å². The average molecular weight is 803 g/mol. The van der Waals surface area contributed by atoms with Crippen LogP contribution in [0.3, 0.4) is 0 Å². The lowest BCUT2D eigenvalue weighted by atomic mass is 9.88. The molecule has 2 aromatic heterocycles. The first-order valence-electron chi connectivity index (χ1n) is 21.6. The molecule has 0 bridgehead atoms. The molecule has 294 valence electrons. The lowest BCUT2D eigenvalue weighted by Gasteiger charge is -2.26. The van der Waals surface area contributed by atoms with Crippen LogP contribution in [-0.4, -0.2) is 4.57 Å². The third-order valence-corrected chi connectivity index (χ3v) is 12.9. The molecule has 13 rings (SSSR count). The van der Waals surface area contributed by atoms with E-state index in [1.165, 1.54) is 65.3 Å². The van der Waals surface area contributed by atoms with Crippen molar-refractivity contribution in [2.24, 2.45) is 0 Å². The number of nitrogens with zero attached hydrogens (tertiary/aromatic N) is 2. The van der Waals surface area contributed by atoms with Crippen molar-refractivity contribution >= 4 is 93.1 Å². The first kappa shape index (κ1) is 35.4. The molecule has 0 amide bonds. The second-order valence-corrected chi connectivity index (χ2v) is 16.5. The topological polar surface area (TPSA) is 21.3 Å².